The van der Waals surface area contributed by atoms with Crippen LogP contribution in [0.15, 0.2) is 0 Å². The monoisotopic (exact) mass is 824 g/mol. The van der Waals surface area contributed by atoms with E-state index in [1.54, 1.807) is 0 Å². The van der Waals surface area contributed by atoms with Gasteiger partial charge in [0.25, 0.3) is 0 Å². The minimum Gasteiger partial charge on any atom is -0.450 e. The zero-order valence-corrected chi connectivity index (χ0v) is 23.1. The third-order valence-corrected chi connectivity index (χ3v) is 0. The van der Waals surface area contributed by atoms with E-state index < -0.39 is 73.9 Å². The molecular formula is C16H40O37. The van der Waals surface area contributed by atoms with Crippen molar-refractivity contribution in [3.63, 3.8) is 0 Å². The topological polar surface area (TPSA) is 711 Å². The second kappa shape index (κ2) is 104. The van der Waals surface area contributed by atoms with Gasteiger partial charge in [-0.3, -0.25) is 0 Å². The molecule has 53 heavy (non-hydrogen) atoms. The number of rotatable bonds is 0. The number of aliphatic hydroxyl groups is 1. The molecular weight excluding hydrogens is 784 g/mol. The lowest BCUT2D eigenvalue weighted by Gasteiger charge is -1.60. The Kier molecular flexibility index (Phi) is 204. The van der Waals surface area contributed by atoms with E-state index in [0.29, 0.717) is 0 Å². The van der Waals surface area contributed by atoms with E-state index in [1.165, 1.54) is 0 Å². The molecule has 0 aromatic heterocycles. The largest absolute Gasteiger partial charge is 0.503 e. The Bertz CT molecular complexity index is 581. The minimum atomic E-state index is -1.83. The number of hydrogen-bond acceptors (Lipinski definition) is 13. The van der Waals surface area contributed by atoms with Gasteiger partial charge in [-0.25, -0.2) is 57.5 Å². The standard InChI is InChI=1S/12CH2O3.CH4O.3CH4/c12*2-1(3)4;1-2;;;/h12*(H2,2,3,4);2H,1H3;3*1H4. The van der Waals surface area contributed by atoms with Gasteiger partial charge in [-0.15, -0.1) is 0 Å². The average Bonchev–Trinajstić information content (AvgIpc) is 2.69. The Hall–Kier alpha value is -8.80. The fraction of sp³-hybridized carbons (Fsp3) is 0.250. The normalized spacial score (nSPS) is 5.55. The molecule has 326 valence electrons. The summed E-state index contributed by atoms with van der Waals surface area (Å²) in [6.45, 7) is 0. The summed E-state index contributed by atoms with van der Waals surface area (Å²) in [4.78, 5) is 103. The molecule has 0 unspecified atom stereocenters. The number of aliphatic hydroxyl groups excluding tert-OH is 1. The first kappa shape index (κ1) is 104. The lowest BCUT2D eigenvalue weighted by Crippen LogP contribution is -1.81. The van der Waals surface area contributed by atoms with Crippen LogP contribution in [0.2, 0.25) is 0 Å². The highest BCUT2D eigenvalue weighted by Crippen LogP contribution is 1.47. The van der Waals surface area contributed by atoms with Gasteiger partial charge in [-0.05, 0) is 0 Å². The van der Waals surface area contributed by atoms with Crippen LogP contribution in [0, 0.1) is 0 Å². The molecule has 0 heterocycles. The average molecular weight is 824 g/mol. The summed E-state index contributed by atoms with van der Waals surface area (Å²) in [5.41, 5.74) is 0. The van der Waals surface area contributed by atoms with Crippen LogP contribution in [-0.4, -0.2) is 209 Å². The smallest absolute Gasteiger partial charge is 0.450 e. The van der Waals surface area contributed by atoms with Crippen LogP contribution in [0.4, 0.5) is 57.5 Å². The molecule has 0 atom stereocenters. The fourth-order valence-corrected chi connectivity index (χ4v) is 0. The SMILES string of the molecule is C.C.C.CO.O=C(O)O.O=C(O)O.O=C(O)O.O=C(O)O.O=C(O)O.O=C(O)O.O=C(O)O.O=C(O)O.O=C(O)O.O=C(O)O.O=C(O)O.O=C(O)O. The van der Waals surface area contributed by atoms with Gasteiger partial charge in [0, 0.05) is 7.11 Å². The molecule has 0 aromatic rings. The first-order valence-electron chi connectivity index (χ1n) is 8.26. The van der Waals surface area contributed by atoms with Crippen molar-refractivity contribution >= 4 is 73.9 Å². The maximum Gasteiger partial charge on any atom is 0.503 e. The number of carboxylic acid groups (broad SMARTS) is 24. The van der Waals surface area contributed by atoms with Crippen molar-refractivity contribution in [3.05, 3.63) is 0 Å². The van der Waals surface area contributed by atoms with Gasteiger partial charge < -0.3 is 128 Å². The zero-order valence-electron chi connectivity index (χ0n) is 23.1. The maximum absolute atomic E-state index is 8.56. The summed E-state index contributed by atoms with van der Waals surface area (Å²) < 4.78 is 0. The van der Waals surface area contributed by atoms with Crippen molar-refractivity contribution < 1.29 is 185 Å². The van der Waals surface area contributed by atoms with Crippen molar-refractivity contribution in [2.75, 3.05) is 7.11 Å². The molecule has 0 bridgehead atoms. The molecule has 0 saturated heterocycles. The molecule has 0 amide bonds. The van der Waals surface area contributed by atoms with Crippen LogP contribution in [0.5, 0.6) is 0 Å². The molecule has 0 spiro atoms. The van der Waals surface area contributed by atoms with Crippen LogP contribution in [0.25, 0.3) is 0 Å². The van der Waals surface area contributed by atoms with Crippen LogP contribution >= 0.6 is 0 Å². The third kappa shape index (κ3) is 947. The number of hydrogen-bond donors (Lipinski definition) is 25. The van der Waals surface area contributed by atoms with E-state index in [4.69, 9.17) is 185 Å². The summed E-state index contributed by atoms with van der Waals surface area (Å²) in [5, 5.41) is 174. The highest BCUT2D eigenvalue weighted by atomic mass is 16.6. The first-order chi connectivity index (χ1) is 21.8. The van der Waals surface area contributed by atoms with E-state index in [-0.39, 0.29) is 22.3 Å². The van der Waals surface area contributed by atoms with Crippen LogP contribution in [-0.2, 0) is 0 Å². The second-order valence-electron chi connectivity index (χ2n) is 3.39. The van der Waals surface area contributed by atoms with E-state index >= 15 is 0 Å². The summed E-state index contributed by atoms with van der Waals surface area (Å²) in [5.74, 6) is 0. The molecule has 0 saturated carbocycles. The van der Waals surface area contributed by atoms with Gasteiger partial charge in [-0.2, -0.15) is 0 Å². The Balaban J connectivity index is -0.0000000199. The Labute approximate surface area is 289 Å². The first-order valence-corrected chi connectivity index (χ1v) is 8.26. The number of carbonyl (C=O) groups is 12. The van der Waals surface area contributed by atoms with Gasteiger partial charge in [0.1, 0.15) is 0 Å². The molecule has 0 radical (unpaired) electrons. The van der Waals surface area contributed by atoms with Crippen molar-refractivity contribution in [1.29, 1.82) is 0 Å². The summed E-state index contributed by atoms with van der Waals surface area (Å²) in [7, 11) is 1.00. The van der Waals surface area contributed by atoms with E-state index in [1.807, 2.05) is 0 Å². The molecule has 0 aliphatic rings. The Morgan fingerprint density at radius 2 is 0.170 bits per heavy atom. The van der Waals surface area contributed by atoms with Crippen molar-refractivity contribution in [2.24, 2.45) is 0 Å². The molecule has 0 rings (SSSR count). The minimum absolute atomic E-state index is 0. The van der Waals surface area contributed by atoms with E-state index in [2.05, 4.69) is 0 Å². The van der Waals surface area contributed by atoms with Gasteiger partial charge in [0.05, 0.1) is 0 Å². The summed E-state index contributed by atoms with van der Waals surface area (Å²) >= 11 is 0. The van der Waals surface area contributed by atoms with Crippen molar-refractivity contribution in [3.8, 4) is 0 Å². The molecule has 25 N–H and O–H groups in total. The molecule has 37 nitrogen and oxygen atoms in total. The lowest BCUT2D eigenvalue weighted by molar-refractivity contribution is 0.135. The van der Waals surface area contributed by atoms with Crippen LogP contribution in [0.1, 0.15) is 22.3 Å². The Morgan fingerprint density at radius 3 is 0.170 bits per heavy atom. The van der Waals surface area contributed by atoms with Gasteiger partial charge in [0.2, 0.25) is 0 Å². The predicted octanol–water partition coefficient (Wildman–Crippen LogP) is 4.19. The highest BCUT2D eigenvalue weighted by Gasteiger charge is 1.74. The quantitative estimate of drug-likeness (QED) is 0.163. The van der Waals surface area contributed by atoms with Crippen molar-refractivity contribution in [1.82, 2.24) is 0 Å². The maximum atomic E-state index is 8.56. The molecule has 0 fully saturated rings. The summed E-state index contributed by atoms with van der Waals surface area (Å²) in [6.07, 6.45) is -22.0. The third-order valence-electron chi connectivity index (χ3n) is 0. The molecule has 0 aliphatic carbocycles. The van der Waals surface area contributed by atoms with Crippen LogP contribution < -0.4 is 0 Å². The van der Waals surface area contributed by atoms with E-state index in [9.17, 15) is 0 Å². The molecule has 0 aliphatic heterocycles. The second-order valence-corrected chi connectivity index (χ2v) is 3.39. The molecule has 37 heteroatoms. The Morgan fingerprint density at radius 1 is 0.170 bits per heavy atom. The fourth-order valence-electron chi connectivity index (χ4n) is 0. The highest BCUT2D eigenvalue weighted by molar-refractivity contribution is 5.55. The van der Waals surface area contributed by atoms with E-state index in [0.717, 1.165) is 7.11 Å². The summed E-state index contributed by atoms with van der Waals surface area (Å²) in [6, 6.07) is 0. The zero-order chi connectivity index (χ0) is 44.9. The van der Waals surface area contributed by atoms with Gasteiger partial charge in [-0.1, -0.05) is 22.3 Å². The van der Waals surface area contributed by atoms with Gasteiger partial charge in [0.15, 0.2) is 0 Å². The van der Waals surface area contributed by atoms with Crippen LogP contribution in [0.3, 0.4) is 0 Å². The predicted molar refractivity (Wildman–Crippen MR) is 156 cm³/mol. The molecule has 0 aromatic carbocycles. The van der Waals surface area contributed by atoms with Gasteiger partial charge >= 0.3 is 73.9 Å². The van der Waals surface area contributed by atoms with Crippen molar-refractivity contribution in [2.45, 2.75) is 22.3 Å². The lowest BCUT2D eigenvalue weighted by atomic mass is 11.5.